The van der Waals surface area contributed by atoms with Gasteiger partial charge in [-0.05, 0) is 18.8 Å². The zero-order valence-electron chi connectivity index (χ0n) is 7.60. The molecule has 1 aromatic heterocycles. The van der Waals surface area contributed by atoms with Gasteiger partial charge in [0.2, 0.25) is 5.01 Å². The largest absolute Gasteiger partial charge is 0.476 e. The van der Waals surface area contributed by atoms with E-state index in [2.05, 4.69) is 4.98 Å². The minimum atomic E-state index is -0.937. The quantitative estimate of drug-likeness (QED) is 0.812. The molecule has 0 bridgehead atoms. The molecule has 1 aromatic rings. The minimum absolute atomic E-state index is 0.187. The molecule has 0 radical (unpaired) electrons. The number of carbonyl (C=O) groups is 1. The number of aromatic nitrogens is 1. The van der Waals surface area contributed by atoms with Crippen molar-refractivity contribution in [3.8, 4) is 0 Å². The van der Waals surface area contributed by atoms with Gasteiger partial charge >= 0.3 is 5.97 Å². The molecule has 14 heavy (non-hydrogen) atoms. The average molecular weight is 213 g/mol. The molecule has 0 amide bonds. The van der Waals surface area contributed by atoms with Crippen LogP contribution >= 0.6 is 11.3 Å². The summed E-state index contributed by atoms with van der Waals surface area (Å²) >= 11 is 1.28. The van der Waals surface area contributed by atoms with Crippen LogP contribution in [0.2, 0.25) is 0 Å². The van der Waals surface area contributed by atoms with Crippen molar-refractivity contribution in [2.75, 3.05) is 13.2 Å². The van der Waals surface area contributed by atoms with Crippen LogP contribution in [0.25, 0.3) is 0 Å². The zero-order chi connectivity index (χ0) is 9.97. The second-order valence-corrected chi connectivity index (χ2v) is 4.32. The Bertz CT molecular complexity index is 331. The lowest BCUT2D eigenvalue weighted by atomic mass is 9.99. The van der Waals surface area contributed by atoms with Gasteiger partial charge in [0.1, 0.15) is 0 Å². The Morgan fingerprint density at radius 3 is 2.86 bits per heavy atom. The summed E-state index contributed by atoms with van der Waals surface area (Å²) in [5.74, 6) is -0.498. The zero-order valence-corrected chi connectivity index (χ0v) is 8.42. The summed E-state index contributed by atoms with van der Waals surface area (Å²) in [6.45, 7) is 1.54. The number of hydrogen-bond acceptors (Lipinski definition) is 4. The van der Waals surface area contributed by atoms with Crippen molar-refractivity contribution in [1.29, 1.82) is 0 Å². The van der Waals surface area contributed by atoms with Crippen LogP contribution in [0.1, 0.15) is 33.4 Å². The molecule has 0 saturated carbocycles. The monoisotopic (exact) mass is 213 g/mol. The first-order valence-corrected chi connectivity index (χ1v) is 5.36. The highest BCUT2D eigenvalue weighted by Crippen LogP contribution is 2.30. The molecule has 4 nitrogen and oxygen atoms in total. The molecule has 76 valence electrons. The number of thiazole rings is 1. The van der Waals surface area contributed by atoms with Crippen molar-refractivity contribution in [3.63, 3.8) is 0 Å². The van der Waals surface area contributed by atoms with Crippen LogP contribution in [-0.2, 0) is 4.74 Å². The maximum absolute atomic E-state index is 10.6. The highest BCUT2D eigenvalue weighted by Gasteiger charge is 2.19. The summed E-state index contributed by atoms with van der Waals surface area (Å²) < 4.78 is 5.24. The van der Waals surface area contributed by atoms with Crippen molar-refractivity contribution in [1.82, 2.24) is 4.98 Å². The molecular weight excluding hydrogens is 202 g/mol. The normalized spacial score (nSPS) is 18.3. The first-order valence-electron chi connectivity index (χ1n) is 4.54. The lowest BCUT2D eigenvalue weighted by Crippen LogP contribution is -2.12. The van der Waals surface area contributed by atoms with Gasteiger partial charge in [0, 0.05) is 24.3 Å². The Hall–Kier alpha value is -0.940. The smallest absolute Gasteiger partial charge is 0.365 e. The lowest BCUT2D eigenvalue weighted by Gasteiger charge is -2.20. The number of nitrogens with zero attached hydrogens (tertiary/aromatic N) is 1. The van der Waals surface area contributed by atoms with Crippen LogP contribution in [0.4, 0.5) is 0 Å². The van der Waals surface area contributed by atoms with E-state index in [0.29, 0.717) is 5.92 Å². The minimum Gasteiger partial charge on any atom is -0.476 e. The van der Waals surface area contributed by atoms with Crippen molar-refractivity contribution in [2.45, 2.75) is 18.8 Å². The van der Waals surface area contributed by atoms with Crippen molar-refractivity contribution in [3.05, 3.63) is 16.1 Å². The van der Waals surface area contributed by atoms with Crippen LogP contribution < -0.4 is 0 Å². The predicted octanol–water partition coefficient (Wildman–Crippen LogP) is 1.74. The second kappa shape index (κ2) is 4.06. The molecular formula is C9H11NO3S. The van der Waals surface area contributed by atoms with Gasteiger partial charge in [0.05, 0.1) is 0 Å². The average Bonchev–Trinajstić information content (AvgIpc) is 2.68. The van der Waals surface area contributed by atoms with Crippen LogP contribution in [-0.4, -0.2) is 29.3 Å². The fraction of sp³-hybridized carbons (Fsp3) is 0.556. The van der Waals surface area contributed by atoms with Gasteiger partial charge < -0.3 is 9.84 Å². The third-order valence-electron chi connectivity index (χ3n) is 2.33. The summed E-state index contributed by atoms with van der Waals surface area (Å²) in [6.07, 6.45) is 3.63. The van der Waals surface area contributed by atoms with Crippen molar-refractivity contribution < 1.29 is 14.6 Å². The number of carboxylic acids is 1. The Labute approximate surface area is 85.5 Å². The third kappa shape index (κ3) is 1.93. The number of carboxylic acid groups (broad SMARTS) is 1. The molecule has 2 rings (SSSR count). The number of rotatable bonds is 2. The standard InChI is InChI=1S/C9H11NO3S/c11-9(12)8-10-5-7(14-8)6-1-3-13-4-2-6/h5-6H,1-4H2,(H,11,12). The Balaban J connectivity index is 2.11. The lowest BCUT2D eigenvalue weighted by molar-refractivity contribution is 0.0696. The summed E-state index contributed by atoms with van der Waals surface area (Å²) in [5.41, 5.74) is 0. The van der Waals surface area contributed by atoms with Gasteiger partial charge in [-0.2, -0.15) is 0 Å². The topological polar surface area (TPSA) is 59.4 Å². The van der Waals surface area contributed by atoms with E-state index in [1.807, 2.05) is 0 Å². The van der Waals surface area contributed by atoms with E-state index in [-0.39, 0.29) is 5.01 Å². The highest BCUT2D eigenvalue weighted by molar-refractivity contribution is 7.13. The van der Waals surface area contributed by atoms with Crippen molar-refractivity contribution >= 4 is 17.3 Å². The number of hydrogen-bond donors (Lipinski definition) is 1. The molecule has 5 heteroatoms. The first-order chi connectivity index (χ1) is 6.77. The number of ether oxygens (including phenoxy) is 1. The maximum Gasteiger partial charge on any atom is 0.365 e. The fourth-order valence-corrected chi connectivity index (χ4v) is 2.48. The highest BCUT2D eigenvalue weighted by atomic mass is 32.1. The second-order valence-electron chi connectivity index (χ2n) is 3.26. The molecule has 0 atom stereocenters. The van der Waals surface area contributed by atoms with Crippen molar-refractivity contribution in [2.24, 2.45) is 0 Å². The molecule has 1 saturated heterocycles. The summed E-state index contributed by atoms with van der Waals surface area (Å²) in [5, 5.41) is 8.91. The van der Waals surface area contributed by atoms with Gasteiger partial charge in [-0.25, -0.2) is 9.78 Å². The molecule has 1 N–H and O–H groups in total. The van der Waals surface area contributed by atoms with Gasteiger partial charge in [0.25, 0.3) is 0 Å². The Morgan fingerprint density at radius 2 is 2.29 bits per heavy atom. The molecule has 0 aromatic carbocycles. The fourth-order valence-electron chi connectivity index (χ4n) is 1.56. The van der Waals surface area contributed by atoms with Crippen LogP contribution in [0, 0.1) is 0 Å². The van der Waals surface area contributed by atoms with E-state index in [1.165, 1.54) is 11.3 Å². The van der Waals surface area contributed by atoms with E-state index >= 15 is 0 Å². The third-order valence-corrected chi connectivity index (χ3v) is 3.48. The summed E-state index contributed by atoms with van der Waals surface area (Å²) in [6, 6.07) is 0. The van der Waals surface area contributed by atoms with Gasteiger partial charge in [-0.1, -0.05) is 0 Å². The molecule has 2 heterocycles. The Morgan fingerprint density at radius 1 is 1.57 bits per heavy atom. The molecule has 0 unspecified atom stereocenters. The molecule has 1 aliphatic heterocycles. The van der Waals surface area contributed by atoms with E-state index in [1.54, 1.807) is 6.20 Å². The van der Waals surface area contributed by atoms with Crippen LogP contribution in [0.15, 0.2) is 6.20 Å². The summed E-state index contributed by atoms with van der Waals surface area (Å²) in [7, 11) is 0. The Kier molecular flexibility index (Phi) is 2.79. The van der Waals surface area contributed by atoms with E-state index in [0.717, 1.165) is 30.9 Å². The van der Waals surface area contributed by atoms with Crippen LogP contribution in [0.5, 0.6) is 0 Å². The number of aromatic carboxylic acids is 1. The molecule has 1 aliphatic rings. The first kappa shape index (κ1) is 9.61. The van der Waals surface area contributed by atoms with E-state index < -0.39 is 5.97 Å². The molecule has 0 spiro atoms. The summed E-state index contributed by atoms with van der Waals surface area (Å²) in [4.78, 5) is 15.6. The SMILES string of the molecule is O=C(O)c1ncc(C2CCOCC2)s1. The van der Waals surface area contributed by atoms with Gasteiger partial charge in [-0.3, -0.25) is 0 Å². The van der Waals surface area contributed by atoms with Gasteiger partial charge in [0.15, 0.2) is 0 Å². The van der Waals surface area contributed by atoms with Crippen LogP contribution in [0.3, 0.4) is 0 Å². The van der Waals surface area contributed by atoms with Gasteiger partial charge in [-0.15, -0.1) is 11.3 Å². The predicted molar refractivity (Wildman–Crippen MR) is 51.9 cm³/mol. The van der Waals surface area contributed by atoms with E-state index in [4.69, 9.17) is 9.84 Å². The molecule has 1 fully saturated rings. The molecule has 0 aliphatic carbocycles. The maximum atomic E-state index is 10.6. The van der Waals surface area contributed by atoms with E-state index in [9.17, 15) is 4.79 Å².